The van der Waals surface area contributed by atoms with E-state index in [0.717, 1.165) is 6.08 Å². The molecule has 2 N–H and O–H groups in total. The number of nitrogens with one attached hydrogen (secondary N) is 1. The first-order valence-corrected chi connectivity index (χ1v) is 6.21. The predicted molar refractivity (Wildman–Crippen MR) is 69.8 cm³/mol. The summed E-state index contributed by atoms with van der Waals surface area (Å²) in [5.41, 5.74) is 0.601. The summed E-state index contributed by atoms with van der Waals surface area (Å²) in [5.74, 6) is -1.26. The monoisotopic (exact) mass is 269 g/mol. The van der Waals surface area contributed by atoms with Gasteiger partial charge in [-0.3, -0.25) is 4.79 Å². The Balaban J connectivity index is 2.74. The molecule has 1 aromatic heterocycles. The fraction of sp³-hybridized carbons (Fsp3) is 0.333. The van der Waals surface area contributed by atoms with Crippen LogP contribution in [0.4, 0.5) is 0 Å². The normalized spacial score (nSPS) is 12.6. The van der Waals surface area contributed by atoms with E-state index in [1.165, 1.54) is 17.4 Å². The zero-order valence-electron chi connectivity index (χ0n) is 10.2. The summed E-state index contributed by atoms with van der Waals surface area (Å²) in [7, 11) is 1.56. The van der Waals surface area contributed by atoms with Crippen LogP contribution < -0.4 is 5.32 Å². The number of carbonyl (C=O) groups is 2. The topological polar surface area (TPSA) is 75.6 Å². The van der Waals surface area contributed by atoms with Crippen LogP contribution in [0.25, 0.3) is 6.08 Å². The van der Waals surface area contributed by atoms with E-state index >= 15 is 0 Å². The van der Waals surface area contributed by atoms with Gasteiger partial charge < -0.3 is 15.2 Å². The Morgan fingerprint density at radius 2 is 2.33 bits per heavy atom. The Bertz CT molecular complexity index is 453. The van der Waals surface area contributed by atoms with Gasteiger partial charge in [0.15, 0.2) is 0 Å². The molecular weight excluding hydrogens is 254 g/mol. The molecule has 0 saturated carbocycles. The molecule has 0 aliphatic rings. The van der Waals surface area contributed by atoms with E-state index < -0.39 is 5.97 Å². The average Bonchev–Trinajstić information content (AvgIpc) is 2.74. The maximum absolute atomic E-state index is 11.9. The largest absolute Gasteiger partial charge is 0.478 e. The van der Waals surface area contributed by atoms with Crippen molar-refractivity contribution in [2.75, 3.05) is 13.7 Å². The molecule has 0 aromatic carbocycles. The number of hydrogen-bond acceptors (Lipinski definition) is 4. The Hall–Kier alpha value is -1.66. The van der Waals surface area contributed by atoms with Gasteiger partial charge in [-0.2, -0.15) is 0 Å². The third-order valence-corrected chi connectivity index (χ3v) is 3.03. The Morgan fingerprint density at radius 3 is 2.94 bits per heavy atom. The summed E-state index contributed by atoms with van der Waals surface area (Å²) in [5, 5.41) is 13.1. The third-order valence-electron chi connectivity index (χ3n) is 2.10. The molecule has 1 unspecified atom stereocenters. The van der Waals surface area contributed by atoms with Gasteiger partial charge in [0.05, 0.1) is 11.5 Å². The first kappa shape index (κ1) is 14.4. The minimum Gasteiger partial charge on any atom is -0.478 e. The second kappa shape index (κ2) is 6.93. The van der Waals surface area contributed by atoms with Crippen LogP contribution in [0.15, 0.2) is 17.5 Å². The van der Waals surface area contributed by atoms with Crippen molar-refractivity contribution >= 4 is 29.3 Å². The van der Waals surface area contributed by atoms with E-state index in [4.69, 9.17) is 9.84 Å². The molecule has 1 atom stereocenters. The number of amides is 1. The van der Waals surface area contributed by atoms with E-state index in [9.17, 15) is 9.59 Å². The Labute approximate surface area is 109 Å². The lowest BCUT2D eigenvalue weighted by Crippen LogP contribution is -2.35. The molecule has 1 amide bonds. The number of methoxy groups -OCH3 is 1. The molecule has 1 rings (SSSR count). The van der Waals surface area contributed by atoms with Gasteiger partial charge in [0, 0.05) is 19.2 Å². The van der Waals surface area contributed by atoms with Crippen molar-refractivity contribution in [3.8, 4) is 0 Å². The van der Waals surface area contributed by atoms with Crippen LogP contribution in [-0.4, -0.2) is 36.7 Å². The summed E-state index contributed by atoms with van der Waals surface area (Å²) in [4.78, 5) is 22.9. The maximum atomic E-state index is 11.9. The highest BCUT2D eigenvalue weighted by molar-refractivity contribution is 7.12. The van der Waals surface area contributed by atoms with Crippen LogP contribution >= 0.6 is 11.3 Å². The van der Waals surface area contributed by atoms with Crippen LogP contribution in [0.2, 0.25) is 0 Å². The van der Waals surface area contributed by atoms with Gasteiger partial charge in [-0.15, -0.1) is 11.3 Å². The SMILES string of the molecule is COCC(C)NC(=O)c1sccc1C=CC(=O)O. The summed E-state index contributed by atoms with van der Waals surface area (Å²) < 4.78 is 4.93. The Kier molecular flexibility index (Phi) is 5.54. The summed E-state index contributed by atoms with van der Waals surface area (Å²) >= 11 is 1.27. The molecule has 0 aliphatic heterocycles. The quantitative estimate of drug-likeness (QED) is 0.769. The minimum atomic E-state index is -1.04. The third kappa shape index (κ3) is 4.31. The number of carboxylic acid groups (broad SMARTS) is 1. The second-order valence-electron chi connectivity index (χ2n) is 3.71. The molecular formula is C12H15NO4S. The number of thiophene rings is 1. The first-order valence-electron chi connectivity index (χ1n) is 5.33. The lowest BCUT2D eigenvalue weighted by Gasteiger charge is -2.12. The van der Waals surface area contributed by atoms with Crippen LogP contribution in [-0.2, 0) is 9.53 Å². The molecule has 98 valence electrons. The van der Waals surface area contributed by atoms with Crippen LogP contribution in [0.3, 0.4) is 0 Å². The van der Waals surface area contributed by atoms with Gasteiger partial charge in [0.2, 0.25) is 0 Å². The molecule has 1 heterocycles. The van der Waals surface area contributed by atoms with Crippen molar-refractivity contribution in [3.05, 3.63) is 28.0 Å². The fourth-order valence-corrected chi connectivity index (χ4v) is 2.17. The van der Waals surface area contributed by atoms with Crippen LogP contribution in [0.5, 0.6) is 0 Å². The summed E-state index contributed by atoms with van der Waals surface area (Å²) in [6.07, 6.45) is 2.42. The molecule has 0 aliphatic carbocycles. The number of rotatable bonds is 6. The number of aliphatic carboxylic acids is 1. The highest BCUT2D eigenvalue weighted by atomic mass is 32.1. The highest BCUT2D eigenvalue weighted by Gasteiger charge is 2.14. The van der Waals surface area contributed by atoms with Crippen molar-refractivity contribution in [2.45, 2.75) is 13.0 Å². The van der Waals surface area contributed by atoms with Gasteiger partial charge >= 0.3 is 5.97 Å². The lowest BCUT2D eigenvalue weighted by atomic mass is 10.2. The van der Waals surface area contributed by atoms with E-state index in [1.54, 1.807) is 18.6 Å². The smallest absolute Gasteiger partial charge is 0.328 e. The van der Waals surface area contributed by atoms with Crippen molar-refractivity contribution in [2.24, 2.45) is 0 Å². The molecule has 1 aromatic rings. The summed E-state index contributed by atoms with van der Waals surface area (Å²) in [6, 6.07) is 1.61. The van der Waals surface area contributed by atoms with Crippen molar-refractivity contribution in [3.63, 3.8) is 0 Å². The van der Waals surface area contributed by atoms with Gasteiger partial charge in [-0.25, -0.2) is 4.79 Å². The van der Waals surface area contributed by atoms with Gasteiger partial charge in [-0.05, 0) is 30.0 Å². The van der Waals surface area contributed by atoms with Gasteiger partial charge in [0.25, 0.3) is 5.91 Å². The van der Waals surface area contributed by atoms with Crippen LogP contribution in [0, 0.1) is 0 Å². The van der Waals surface area contributed by atoms with Gasteiger partial charge in [0.1, 0.15) is 0 Å². The summed E-state index contributed by atoms with van der Waals surface area (Å²) in [6.45, 7) is 2.26. The van der Waals surface area contributed by atoms with E-state index in [1.807, 2.05) is 6.92 Å². The number of hydrogen-bond donors (Lipinski definition) is 2. The zero-order chi connectivity index (χ0) is 13.5. The standard InChI is InChI=1S/C12H15NO4S/c1-8(7-17-2)13-12(16)11-9(5-6-18-11)3-4-10(14)15/h3-6,8H,7H2,1-2H3,(H,13,16)(H,14,15). The molecule has 18 heavy (non-hydrogen) atoms. The zero-order valence-corrected chi connectivity index (χ0v) is 11.0. The molecule has 0 radical (unpaired) electrons. The van der Waals surface area contributed by atoms with Crippen molar-refractivity contribution < 1.29 is 19.4 Å². The Morgan fingerprint density at radius 1 is 1.61 bits per heavy atom. The number of carboxylic acids is 1. The van der Waals surface area contributed by atoms with Crippen LogP contribution in [0.1, 0.15) is 22.2 Å². The predicted octanol–water partition coefficient (Wildman–Crippen LogP) is 1.61. The molecule has 6 heteroatoms. The number of ether oxygens (including phenoxy) is 1. The minimum absolute atomic E-state index is 0.0964. The molecule has 0 spiro atoms. The second-order valence-corrected chi connectivity index (χ2v) is 4.62. The van der Waals surface area contributed by atoms with E-state index in [0.29, 0.717) is 17.0 Å². The molecule has 0 bridgehead atoms. The highest BCUT2D eigenvalue weighted by Crippen LogP contribution is 2.18. The van der Waals surface area contributed by atoms with Gasteiger partial charge in [-0.1, -0.05) is 0 Å². The molecule has 0 fully saturated rings. The first-order chi connectivity index (χ1) is 8.54. The maximum Gasteiger partial charge on any atom is 0.328 e. The average molecular weight is 269 g/mol. The van der Waals surface area contributed by atoms with E-state index in [2.05, 4.69) is 5.32 Å². The fourth-order valence-electron chi connectivity index (χ4n) is 1.38. The number of carbonyl (C=O) groups excluding carboxylic acids is 1. The van der Waals surface area contributed by atoms with E-state index in [-0.39, 0.29) is 11.9 Å². The molecule has 0 saturated heterocycles. The van der Waals surface area contributed by atoms with Crippen molar-refractivity contribution in [1.82, 2.24) is 5.32 Å². The molecule has 5 nitrogen and oxygen atoms in total. The lowest BCUT2D eigenvalue weighted by molar-refractivity contribution is -0.131. The van der Waals surface area contributed by atoms with Crippen molar-refractivity contribution in [1.29, 1.82) is 0 Å².